The SMILES string of the molecule is Cc1cccc(C(=O)NCCCCCO)c1[N+](=O)[O-]. The van der Waals surface area contributed by atoms with Crippen molar-refractivity contribution >= 4 is 11.6 Å². The van der Waals surface area contributed by atoms with Crippen molar-refractivity contribution in [2.45, 2.75) is 26.2 Å². The van der Waals surface area contributed by atoms with Gasteiger partial charge in [0.05, 0.1) is 4.92 Å². The Morgan fingerprint density at radius 3 is 2.74 bits per heavy atom. The zero-order valence-corrected chi connectivity index (χ0v) is 10.9. The molecule has 0 aromatic heterocycles. The molecule has 104 valence electrons. The predicted octanol–water partition coefficient (Wildman–Crippen LogP) is 1.80. The molecule has 0 bridgehead atoms. The Morgan fingerprint density at radius 1 is 1.37 bits per heavy atom. The number of aryl methyl sites for hydroxylation is 1. The lowest BCUT2D eigenvalue weighted by molar-refractivity contribution is -0.385. The van der Waals surface area contributed by atoms with E-state index in [4.69, 9.17) is 5.11 Å². The van der Waals surface area contributed by atoms with Crippen molar-refractivity contribution in [1.82, 2.24) is 5.32 Å². The average molecular weight is 266 g/mol. The zero-order chi connectivity index (χ0) is 14.3. The molecule has 0 heterocycles. The summed E-state index contributed by atoms with van der Waals surface area (Å²) in [4.78, 5) is 22.3. The van der Waals surface area contributed by atoms with E-state index in [1.807, 2.05) is 0 Å². The molecule has 0 aliphatic rings. The van der Waals surface area contributed by atoms with Crippen LogP contribution < -0.4 is 5.32 Å². The molecule has 0 saturated heterocycles. The molecule has 1 amide bonds. The summed E-state index contributed by atoms with van der Waals surface area (Å²) in [7, 11) is 0. The summed E-state index contributed by atoms with van der Waals surface area (Å²) in [6.45, 7) is 2.19. The molecule has 19 heavy (non-hydrogen) atoms. The average Bonchev–Trinajstić information content (AvgIpc) is 2.37. The highest BCUT2D eigenvalue weighted by molar-refractivity contribution is 5.98. The lowest BCUT2D eigenvalue weighted by Crippen LogP contribution is -2.25. The topological polar surface area (TPSA) is 92.5 Å². The van der Waals surface area contributed by atoms with Crippen molar-refractivity contribution in [3.63, 3.8) is 0 Å². The molecule has 2 N–H and O–H groups in total. The van der Waals surface area contributed by atoms with Gasteiger partial charge >= 0.3 is 0 Å². The van der Waals surface area contributed by atoms with Crippen molar-refractivity contribution < 1.29 is 14.8 Å². The summed E-state index contributed by atoms with van der Waals surface area (Å²) in [6, 6.07) is 4.69. The molecule has 0 radical (unpaired) electrons. The maximum absolute atomic E-state index is 11.9. The molecule has 0 fully saturated rings. The van der Waals surface area contributed by atoms with Gasteiger partial charge in [0.25, 0.3) is 11.6 Å². The van der Waals surface area contributed by atoms with E-state index in [0.717, 1.165) is 12.8 Å². The van der Waals surface area contributed by atoms with Crippen molar-refractivity contribution in [3.05, 3.63) is 39.4 Å². The Bertz CT molecular complexity index is 460. The van der Waals surface area contributed by atoms with Crippen LogP contribution in [-0.4, -0.2) is 29.1 Å². The fourth-order valence-corrected chi connectivity index (χ4v) is 1.80. The van der Waals surface area contributed by atoms with Gasteiger partial charge in [-0.25, -0.2) is 0 Å². The van der Waals surface area contributed by atoms with E-state index in [9.17, 15) is 14.9 Å². The van der Waals surface area contributed by atoms with Crippen molar-refractivity contribution in [3.8, 4) is 0 Å². The molecule has 1 aromatic carbocycles. The predicted molar refractivity (Wildman–Crippen MR) is 71.1 cm³/mol. The number of para-hydroxylation sites is 1. The minimum atomic E-state index is -0.532. The second-order valence-corrected chi connectivity index (χ2v) is 4.27. The lowest BCUT2D eigenvalue weighted by Gasteiger charge is -2.06. The Morgan fingerprint density at radius 2 is 2.11 bits per heavy atom. The number of carbonyl (C=O) groups excluding carboxylic acids is 1. The van der Waals surface area contributed by atoms with Gasteiger partial charge in [0.2, 0.25) is 0 Å². The van der Waals surface area contributed by atoms with E-state index >= 15 is 0 Å². The number of unbranched alkanes of at least 4 members (excludes halogenated alkanes) is 2. The van der Waals surface area contributed by atoms with Gasteiger partial charge in [0.15, 0.2) is 0 Å². The van der Waals surface area contributed by atoms with E-state index in [1.54, 1.807) is 19.1 Å². The van der Waals surface area contributed by atoms with Crippen LogP contribution >= 0.6 is 0 Å². The number of aliphatic hydroxyl groups is 1. The first kappa shape index (κ1) is 15.1. The third kappa shape index (κ3) is 4.33. The van der Waals surface area contributed by atoms with E-state index < -0.39 is 10.8 Å². The van der Waals surface area contributed by atoms with Gasteiger partial charge < -0.3 is 10.4 Å². The van der Waals surface area contributed by atoms with E-state index in [1.165, 1.54) is 6.07 Å². The van der Waals surface area contributed by atoms with Crippen LogP contribution in [0.25, 0.3) is 0 Å². The minimum Gasteiger partial charge on any atom is -0.396 e. The molecule has 6 nitrogen and oxygen atoms in total. The van der Waals surface area contributed by atoms with Gasteiger partial charge in [-0.15, -0.1) is 0 Å². The Hall–Kier alpha value is -1.95. The fraction of sp³-hybridized carbons (Fsp3) is 0.462. The zero-order valence-electron chi connectivity index (χ0n) is 10.9. The maximum atomic E-state index is 11.9. The molecule has 0 atom stereocenters. The molecule has 0 aliphatic heterocycles. The van der Waals surface area contributed by atoms with Crippen molar-refractivity contribution in [2.24, 2.45) is 0 Å². The Kier molecular flexibility index (Phi) is 5.95. The first-order valence-electron chi connectivity index (χ1n) is 6.21. The van der Waals surface area contributed by atoms with Gasteiger partial charge in [0, 0.05) is 18.7 Å². The molecule has 1 aromatic rings. The summed E-state index contributed by atoms with van der Waals surface area (Å²) in [5.74, 6) is -0.431. The molecule has 6 heteroatoms. The summed E-state index contributed by atoms with van der Waals surface area (Å²) < 4.78 is 0. The standard InChI is InChI=1S/C13H18N2O4/c1-10-6-5-7-11(12(10)15(18)19)13(17)14-8-3-2-4-9-16/h5-7,16H,2-4,8-9H2,1H3,(H,14,17). The van der Waals surface area contributed by atoms with Crippen LogP contribution in [0.15, 0.2) is 18.2 Å². The highest BCUT2D eigenvalue weighted by Gasteiger charge is 2.21. The number of benzene rings is 1. The summed E-state index contributed by atoms with van der Waals surface area (Å²) in [5.41, 5.74) is 0.417. The van der Waals surface area contributed by atoms with Gasteiger partial charge in [0.1, 0.15) is 5.56 Å². The number of nitro groups is 1. The molecule has 1 rings (SSSR count). The number of hydrogen-bond donors (Lipinski definition) is 2. The largest absolute Gasteiger partial charge is 0.396 e. The maximum Gasteiger partial charge on any atom is 0.285 e. The number of aliphatic hydroxyl groups excluding tert-OH is 1. The molecular weight excluding hydrogens is 248 g/mol. The van der Waals surface area contributed by atoms with Crippen LogP contribution in [-0.2, 0) is 0 Å². The van der Waals surface area contributed by atoms with Crippen LogP contribution in [0.5, 0.6) is 0 Å². The quantitative estimate of drug-likeness (QED) is 0.447. The number of nitrogens with one attached hydrogen (secondary N) is 1. The number of amides is 1. The molecule has 0 spiro atoms. The summed E-state index contributed by atoms with van der Waals surface area (Å²) >= 11 is 0. The molecule has 0 unspecified atom stereocenters. The number of hydrogen-bond acceptors (Lipinski definition) is 4. The molecular formula is C13H18N2O4. The van der Waals surface area contributed by atoms with Gasteiger partial charge in [-0.05, 0) is 32.3 Å². The normalized spacial score (nSPS) is 10.2. The van der Waals surface area contributed by atoms with Gasteiger partial charge in [-0.1, -0.05) is 12.1 Å². The second kappa shape index (κ2) is 7.48. The van der Waals surface area contributed by atoms with Crippen LogP contribution in [0.4, 0.5) is 5.69 Å². The molecule has 0 saturated carbocycles. The second-order valence-electron chi connectivity index (χ2n) is 4.27. The van der Waals surface area contributed by atoms with Crippen LogP contribution in [0.3, 0.4) is 0 Å². The van der Waals surface area contributed by atoms with E-state index in [2.05, 4.69) is 5.32 Å². The van der Waals surface area contributed by atoms with Gasteiger partial charge in [-0.3, -0.25) is 14.9 Å². The van der Waals surface area contributed by atoms with Crippen LogP contribution in [0.1, 0.15) is 35.2 Å². The smallest absolute Gasteiger partial charge is 0.285 e. The fourth-order valence-electron chi connectivity index (χ4n) is 1.80. The summed E-state index contributed by atoms with van der Waals surface area (Å²) in [5, 5.41) is 22.2. The van der Waals surface area contributed by atoms with E-state index in [-0.39, 0.29) is 17.9 Å². The summed E-state index contributed by atoms with van der Waals surface area (Å²) in [6.07, 6.45) is 2.25. The Labute approximate surface area is 111 Å². The number of rotatable bonds is 7. The first-order chi connectivity index (χ1) is 9.07. The van der Waals surface area contributed by atoms with Crippen molar-refractivity contribution in [1.29, 1.82) is 0 Å². The highest BCUT2D eigenvalue weighted by atomic mass is 16.6. The first-order valence-corrected chi connectivity index (χ1v) is 6.21. The minimum absolute atomic E-state index is 0.0900. The Balaban J connectivity index is 2.67. The lowest BCUT2D eigenvalue weighted by atomic mass is 10.1. The number of nitro benzene ring substituents is 1. The third-order valence-electron chi connectivity index (χ3n) is 2.79. The number of nitrogens with zero attached hydrogens (tertiary/aromatic N) is 1. The number of carbonyl (C=O) groups is 1. The highest BCUT2D eigenvalue weighted by Crippen LogP contribution is 2.22. The van der Waals surface area contributed by atoms with Gasteiger partial charge in [-0.2, -0.15) is 0 Å². The monoisotopic (exact) mass is 266 g/mol. The van der Waals surface area contributed by atoms with E-state index in [0.29, 0.717) is 18.5 Å². The molecule has 0 aliphatic carbocycles. The van der Waals surface area contributed by atoms with Crippen LogP contribution in [0.2, 0.25) is 0 Å². The third-order valence-corrected chi connectivity index (χ3v) is 2.79. The van der Waals surface area contributed by atoms with Crippen LogP contribution in [0, 0.1) is 17.0 Å². The van der Waals surface area contributed by atoms with Crippen molar-refractivity contribution in [2.75, 3.05) is 13.2 Å².